The maximum absolute atomic E-state index is 12.1. The highest BCUT2D eigenvalue weighted by molar-refractivity contribution is 5.94. The normalized spacial score (nSPS) is 10.3. The molecule has 34 heavy (non-hydrogen) atoms. The molecule has 0 aliphatic rings. The van der Waals surface area contributed by atoms with Crippen LogP contribution < -0.4 is 10.6 Å². The molecular weight excluding hydrogens is 436 g/mol. The number of anilines is 2. The Balaban J connectivity index is 1.65. The van der Waals surface area contributed by atoms with Crippen LogP contribution in [0, 0.1) is 13.8 Å². The molecule has 0 unspecified atom stereocenters. The van der Waals surface area contributed by atoms with Crippen LogP contribution in [0.2, 0.25) is 0 Å². The summed E-state index contributed by atoms with van der Waals surface area (Å²) in [7, 11) is 0. The van der Waals surface area contributed by atoms with Crippen LogP contribution in [0.1, 0.15) is 60.5 Å². The molecule has 0 heterocycles. The van der Waals surface area contributed by atoms with Gasteiger partial charge in [0.05, 0.1) is 12.2 Å². The van der Waals surface area contributed by atoms with E-state index in [4.69, 9.17) is 9.47 Å². The molecule has 0 aromatic heterocycles. The van der Waals surface area contributed by atoms with Gasteiger partial charge in [0.1, 0.15) is 0 Å². The Bertz CT molecular complexity index is 1000. The lowest BCUT2D eigenvalue weighted by Crippen LogP contribution is -2.21. The zero-order valence-corrected chi connectivity index (χ0v) is 19.9. The highest BCUT2D eigenvalue weighted by Gasteiger charge is 2.11. The fourth-order valence-corrected chi connectivity index (χ4v) is 3.06. The number of esters is 2. The second-order valence-corrected chi connectivity index (χ2v) is 8.00. The molecule has 0 fully saturated rings. The Morgan fingerprint density at radius 1 is 0.824 bits per heavy atom. The average molecular weight is 469 g/mol. The number of hydrogen-bond donors (Lipinski definition) is 2. The predicted molar refractivity (Wildman–Crippen MR) is 130 cm³/mol. The fourth-order valence-electron chi connectivity index (χ4n) is 3.06. The highest BCUT2D eigenvalue weighted by atomic mass is 16.5. The number of hydrogen-bond acceptors (Lipinski definition) is 6. The number of rotatable bonds is 12. The first-order chi connectivity index (χ1) is 16.3. The van der Waals surface area contributed by atoms with E-state index in [2.05, 4.69) is 10.6 Å². The van der Waals surface area contributed by atoms with Crippen molar-refractivity contribution in [2.75, 3.05) is 23.8 Å². The third kappa shape index (κ3) is 9.44. The average Bonchev–Trinajstić information content (AvgIpc) is 2.80. The van der Waals surface area contributed by atoms with E-state index in [1.165, 1.54) is 0 Å². The van der Waals surface area contributed by atoms with E-state index in [-0.39, 0.29) is 31.8 Å². The number of amides is 2. The van der Waals surface area contributed by atoms with E-state index in [0.717, 1.165) is 24.0 Å². The summed E-state index contributed by atoms with van der Waals surface area (Å²) in [6.07, 6.45) is 2.18. The maximum Gasteiger partial charge on any atom is 0.338 e. The molecular formula is C26H32N2O6. The second-order valence-electron chi connectivity index (χ2n) is 8.00. The van der Waals surface area contributed by atoms with Gasteiger partial charge in [0, 0.05) is 24.2 Å². The van der Waals surface area contributed by atoms with Gasteiger partial charge in [-0.3, -0.25) is 14.4 Å². The van der Waals surface area contributed by atoms with Gasteiger partial charge in [0.25, 0.3) is 5.91 Å². The maximum atomic E-state index is 12.1. The van der Waals surface area contributed by atoms with Crippen LogP contribution in [0.3, 0.4) is 0 Å². The number of nitrogens with one attached hydrogen (secondary N) is 2. The SMILES string of the molecule is CCCCOC(=O)c1ccc(NC(=O)CCCC(=O)OCC(=O)Nc2ccc(C)cc2C)cc1. The lowest BCUT2D eigenvalue weighted by atomic mass is 10.1. The number of carbonyl (C=O) groups excluding carboxylic acids is 4. The van der Waals surface area contributed by atoms with Gasteiger partial charge >= 0.3 is 11.9 Å². The van der Waals surface area contributed by atoms with Crippen molar-refractivity contribution < 1.29 is 28.7 Å². The molecule has 0 atom stereocenters. The molecule has 0 bridgehead atoms. The van der Waals surface area contributed by atoms with Crippen LogP contribution in [0.5, 0.6) is 0 Å². The molecule has 2 aromatic carbocycles. The Hall–Kier alpha value is -3.68. The monoisotopic (exact) mass is 468 g/mol. The minimum atomic E-state index is -0.547. The van der Waals surface area contributed by atoms with Crippen molar-refractivity contribution in [3.8, 4) is 0 Å². The second kappa shape index (κ2) is 13.8. The van der Waals surface area contributed by atoms with Gasteiger partial charge in [0.15, 0.2) is 6.61 Å². The minimum Gasteiger partial charge on any atom is -0.462 e. The first kappa shape index (κ1) is 26.6. The number of carbonyl (C=O) groups is 4. The van der Waals surface area contributed by atoms with Crippen LogP contribution in [0.4, 0.5) is 11.4 Å². The summed E-state index contributed by atoms with van der Waals surface area (Å²) in [5.41, 5.74) is 3.64. The number of unbranched alkanes of at least 4 members (excludes halogenated alkanes) is 1. The largest absolute Gasteiger partial charge is 0.462 e. The van der Waals surface area contributed by atoms with Gasteiger partial charge in [-0.25, -0.2) is 4.79 Å². The summed E-state index contributed by atoms with van der Waals surface area (Å²) in [6, 6.07) is 12.1. The molecule has 0 aliphatic heterocycles. The van der Waals surface area contributed by atoms with Crippen molar-refractivity contribution in [1.29, 1.82) is 0 Å². The van der Waals surface area contributed by atoms with E-state index in [0.29, 0.717) is 23.5 Å². The molecule has 0 saturated heterocycles. The molecule has 2 amide bonds. The third-order valence-corrected chi connectivity index (χ3v) is 4.94. The lowest BCUT2D eigenvalue weighted by Gasteiger charge is -2.10. The van der Waals surface area contributed by atoms with Crippen LogP contribution in [-0.4, -0.2) is 37.0 Å². The number of benzene rings is 2. The molecule has 8 heteroatoms. The summed E-state index contributed by atoms with van der Waals surface area (Å²) >= 11 is 0. The topological polar surface area (TPSA) is 111 Å². The summed E-state index contributed by atoms with van der Waals surface area (Å²) in [5, 5.41) is 5.42. The van der Waals surface area contributed by atoms with Gasteiger partial charge in [-0.2, -0.15) is 0 Å². The summed E-state index contributed by atoms with van der Waals surface area (Å²) in [4.78, 5) is 47.8. The standard InChI is InChI=1S/C26H32N2O6/c1-4-5-15-33-26(32)20-10-12-21(13-11-20)27-23(29)7-6-8-25(31)34-17-24(30)28-22-14-9-18(2)16-19(22)3/h9-14,16H,4-8,15,17H2,1-3H3,(H,27,29)(H,28,30). The predicted octanol–water partition coefficient (Wildman–Crippen LogP) is 4.55. The van der Waals surface area contributed by atoms with E-state index < -0.39 is 17.8 Å². The van der Waals surface area contributed by atoms with Crippen molar-refractivity contribution >= 4 is 35.1 Å². The summed E-state index contributed by atoms with van der Waals surface area (Å²) in [6.45, 7) is 5.86. The van der Waals surface area contributed by atoms with Crippen molar-refractivity contribution in [1.82, 2.24) is 0 Å². The molecule has 2 aromatic rings. The zero-order valence-electron chi connectivity index (χ0n) is 19.9. The molecule has 0 saturated carbocycles. The zero-order chi connectivity index (χ0) is 24.9. The molecule has 0 aliphatic carbocycles. The minimum absolute atomic E-state index is 0.0206. The van der Waals surface area contributed by atoms with Gasteiger partial charge in [0.2, 0.25) is 5.91 Å². The van der Waals surface area contributed by atoms with Crippen LogP contribution in [0.15, 0.2) is 42.5 Å². The smallest absolute Gasteiger partial charge is 0.338 e. The Labute approximate surface area is 200 Å². The fraction of sp³-hybridized carbons (Fsp3) is 0.385. The molecule has 8 nitrogen and oxygen atoms in total. The van der Waals surface area contributed by atoms with Crippen molar-refractivity contribution in [2.45, 2.75) is 52.9 Å². The quantitative estimate of drug-likeness (QED) is 0.349. The lowest BCUT2D eigenvalue weighted by molar-refractivity contribution is -0.147. The highest BCUT2D eigenvalue weighted by Crippen LogP contribution is 2.16. The molecule has 182 valence electrons. The van der Waals surface area contributed by atoms with E-state index >= 15 is 0 Å². The molecule has 0 spiro atoms. The van der Waals surface area contributed by atoms with Crippen molar-refractivity contribution in [3.63, 3.8) is 0 Å². The van der Waals surface area contributed by atoms with Crippen LogP contribution >= 0.6 is 0 Å². The van der Waals surface area contributed by atoms with Gasteiger partial charge < -0.3 is 20.1 Å². The molecule has 0 radical (unpaired) electrons. The first-order valence-electron chi connectivity index (χ1n) is 11.4. The third-order valence-electron chi connectivity index (χ3n) is 4.94. The van der Waals surface area contributed by atoms with Gasteiger partial charge in [-0.15, -0.1) is 0 Å². The Morgan fingerprint density at radius 3 is 2.24 bits per heavy atom. The first-order valence-corrected chi connectivity index (χ1v) is 11.4. The van der Waals surface area contributed by atoms with E-state index in [9.17, 15) is 19.2 Å². The molecule has 2 N–H and O–H groups in total. The summed E-state index contributed by atoms with van der Waals surface area (Å²) in [5.74, 6) is -1.63. The van der Waals surface area contributed by atoms with Gasteiger partial charge in [-0.05, 0) is 62.6 Å². The van der Waals surface area contributed by atoms with Gasteiger partial charge in [-0.1, -0.05) is 31.0 Å². The summed E-state index contributed by atoms with van der Waals surface area (Å²) < 4.78 is 10.1. The number of aryl methyl sites for hydroxylation is 2. The van der Waals surface area contributed by atoms with E-state index in [1.54, 1.807) is 30.3 Å². The van der Waals surface area contributed by atoms with Crippen molar-refractivity contribution in [3.05, 3.63) is 59.2 Å². The Kier molecular flexibility index (Phi) is 10.8. The number of ether oxygens (including phenoxy) is 2. The van der Waals surface area contributed by atoms with E-state index in [1.807, 2.05) is 32.9 Å². The Morgan fingerprint density at radius 2 is 1.56 bits per heavy atom. The van der Waals surface area contributed by atoms with Crippen LogP contribution in [0.25, 0.3) is 0 Å². The molecule has 2 rings (SSSR count). The van der Waals surface area contributed by atoms with Crippen molar-refractivity contribution in [2.24, 2.45) is 0 Å². The van der Waals surface area contributed by atoms with Crippen LogP contribution in [-0.2, 0) is 23.9 Å².